The fraction of sp³-hybridized carbons (Fsp3) is 0.278. The first-order valence-corrected chi connectivity index (χ1v) is 7.97. The fourth-order valence-electron chi connectivity index (χ4n) is 3.33. The lowest BCUT2D eigenvalue weighted by Crippen LogP contribution is -2.27. The van der Waals surface area contributed by atoms with Crippen molar-refractivity contribution < 1.29 is 4.79 Å². The van der Waals surface area contributed by atoms with E-state index in [1.165, 1.54) is 0 Å². The largest absolute Gasteiger partial charge is 0.331 e. The monoisotopic (exact) mass is 319 g/mol. The van der Waals surface area contributed by atoms with E-state index in [9.17, 15) is 10.1 Å². The highest BCUT2D eigenvalue weighted by Gasteiger charge is 2.29. The summed E-state index contributed by atoms with van der Waals surface area (Å²) in [4.78, 5) is 20.7. The number of benzene rings is 1. The number of pyridine rings is 1. The summed E-state index contributed by atoms with van der Waals surface area (Å²) in [6.07, 6.45) is 0. The van der Waals surface area contributed by atoms with Crippen LogP contribution in [0, 0.1) is 18.3 Å². The molecule has 0 bridgehead atoms. The Hall–Kier alpha value is -3.07. The SMILES string of the molecule is CCN1CN(c2cc(C)c(C#N)c3nc4ccccc4n23)CC1=O. The van der Waals surface area contributed by atoms with E-state index < -0.39 is 0 Å². The molecule has 1 saturated heterocycles. The number of fused-ring (bicyclic) bond motifs is 3. The summed E-state index contributed by atoms with van der Waals surface area (Å²) in [6, 6.07) is 12.1. The number of rotatable bonds is 2. The maximum absolute atomic E-state index is 12.1. The van der Waals surface area contributed by atoms with Gasteiger partial charge in [0.1, 0.15) is 18.4 Å². The highest BCUT2D eigenvalue weighted by Crippen LogP contribution is 2.29. The predicted octanol–water partition coefficient (Wildman–Crippen LogP) is 2.29. The van der Waals surface area contributed by atoms with Gasteiger partial charge < -0.3 is 9.80 Å². The Bertz CT molecular complexity index is 1010. The molecular formula is C18H17N5O. The molecule has 0 spiro atoms. The van der Waals surface area contributed by atoms with Crippen LogP contribution in [0.5, 0.6) is 0 Å². The Balaban J connectivity index is 2.02. The number of nitriles is 1. The number of carbonyl (C=O) groups excluding carboxylic acids is 1. The number of hydrogen-bond acceptors (Lipinski definition) is 4. The van der Waals surface area contributed by atoms with Crippen molar-refractivity contribution >= 4 is 28.4 Å². The first-order valence-electron chi connectivity index (χ1n) is 7.97. The normalized spacial score (nSPS) is 14.8. The fourth-order valence-corrected chi connectivity index (χ4v) is 3.33. The molecule has 0 aliphatic carbocycles. The summed E-state index contributed by atoms with van der Waals surface area (Å²) >= 11 is 0. The minimum Gasteiger partial charge on any atom is -0.331 e. The second-order valence-corrected chi connectivity index (χ2v) is 6.02. The summed E-state index contributed by atoms with van der Waals surface area (Å²) in [5, 5.41) is 9.54. The lowest BCUT2D eigenvalue weighted by atomic mass is 10.1. The van der Waals surface area contributed by atoms with Gasteiger partial charge in [-0.15, -0.1) is 0 Å². The molecule has 0 atom stereocenters. The van der Waals surface area contributed by atoms with E-state index >= 15 is 0 Å². The van der Waals surface area contributed by atoms with Crippen LogP contribution in [-0.4, -0.2) is 39.9 Å². The van der Waals surface area contributed by atoms with E-state index in [4.69, 9.17) is 0 Å². The molecule has 0 N–H and O–H groups in total. The molecule has 0 saturated carbocycles. The van der Waals surface area contributed by atoms with Crippen LogP contribution in [-0.2, 0) is 4.79 Å². The van der Waals surface area contributed by atoms with Crippen molar-refractivity contribution in [3.05, 3.63) is 41.5 Å². The minimum absolute atomic E-state index is 0.122. The molecule has 1 amide bonds. The molecule has 3 aromatic rings. The maximum atomic E-state index is 12.1. The minimum atomic E-state index is 0.122. The van der Waals surface area contributed by atoms with Crippen LogP contribution in [0.15, 0.2) is 30.3 Å². The molecule has 120 valence electrons. The molecule has 1 fully saturated rings. The van der Waals surface area contributed by atoms with Crippen LogP contribution in [0.3, 0.4) is 0 Å². The van der Waals surface area contributed by atoms with Crippen LogP contribution in [0.2, 0.25) is 0 Å². The number of hydrogen-bond donors (Lipinski definition) is 0. The zero-order valence-corrected chi connectivity index (χ0v) is 13.7. The van der Waals surface area contributed by atoms with Crippen molar-refractivity contribution in [1.82, 2.24) is 14.3 Å². The Morgan fingerprint density at radius 2 is 2.12 bits per heavy atom. The van der Waals surface area contributed by atoms with Gasteiger partial charge in [-0.05, 0) is 37.6 Å². The standard InChI is InChI=1S/C18H17N5O/c1-3-21-11-22(10-17(21)24)16-8-12(2)13(9-19)18-20-14-6-4-5-7-15(14)23(16)18/h4-8H,3,10-11H2,1-2H3. The number of aryl methyl sites for hydroxylation is 1. The molecule has 4 rings (SSSR count). The van der Waals surface area contributed by atoms with E-state index in [1.807, 2.05) is 58.4 Å². The maximum Gasteiger partial charge on any atom is 0.243 e. The van der Waals surface area contributed by atoms with Gasteiger partial charge in [0.2, 0.25) is 5.91 Å². The summed E-state index contributed by atoms with van der Waals surface area (Å²) in [6.45, 7) is 5.49. The van der Waals surface area contributed by atoms with Crippen molar-refractivity contribution in [3.63, 3.8) is 0 Å². The molecule has 0 radical (unpaired) electrons. The number of para-hydroxylation sites is 2. The Labute approximate surface area is 139 Å². The Kier molecular flexibility index (Phi) is 3.17. The molecule has 1 aliphatic heterocycles. The quantitative estimate of drug-likeness (QED) is 0.727. The van der Waals surface area contributed by atoms with Crippen LogP contribution in [0.4, 0.5) is 5.82 Å². The molecule has 6 nitrogen and oxygen atoms in total. The van der Waals surface area contributed by atoms with Crippen molar-refractivity contribution in [1.29, 1.82) is 5.26 Å². The second-order valence-electron chi connectivity index (χ2n) is 6.02. The smallest absolute Gasteiger partial charge is 0.243 e. The van der Waals surface area contributed by atoms with Crippen molar-refractivity contribution in [3.8, 4) is 6.07 Å². The summed E-state index contributed by atoms with van der Waals surface area (Å²) in [7, 11) is 0. The number of aromatic nitrogens is 2. The summed E-state index contributed by atoms with van der Waals surface area (Å²) in [5.41, 5.74) is 3.89. The Morgan fingerprint density at radius 1 is 1.33 bits per heavy atom. The van der Waals surface area contributed by atoms with Gasteiger partial charge in [0.05, 0.1) is 23.3 Å². The van der Waals surface area contributed by atoms with E-state index in [1.54, 1.807) is 0 Å². The van der Waals surface area contributed by atoms with Crippen LogP contribution in [0.1, 0.15) is 18.1 Å². The first-order chi connectivity index (χ1) is 11.6. The number of carbonyl (C=O) groups is 1. The Morgan fingerprint density at radius 3 is 2.83 bits per heavy atom. The molecule has 1 aliphatic rings. The third-order valence-corrected chi connectivity index (χ3v) is 4.59. The van der Waals surface area contributed by atoms with Gasteiger partial charge >= 0.3 is 0 Å². The zero-order chi connectivity index (χ0) is 16.8. The van der Waals surface area contributed by atoms with Gasteiger partial charge in [-0.1, -0.05) is 12.1 Å². The third-order valence-electron chi connectivity index (χ3n) is 4.59. The van der Waals surface area contributed by atoms with Gasteiger partial charge in [0.25, 0.3) is 0 Å². The number of imidazole rings is 1. The molecule has 0 unspecified atom stereocenters. The molecule has 6 heteroatoms. The summed E-state index contributed by atoms with van der Waals surface area (Å²) in [5.74, 6) is 1.02. The van der Waals surface area contributed by atoms with Crippen molar-refractivity contribution in [2.45, 2.75) is 13.8 Å². The predicted molar refractivity (Wildman–Crippen MR) is 91.8 cm³/mol. The molecule has 2 aromatic heterocycles. The molecule has 3 heterocycles. The van der Waals surface area contributed by atoms with Gasteiger partial charge in [-0.3, -0.25) is 9.20 Å². The number of amides is 1. The first kappa shape index (κ1) is 14.5. The highest BCUT2D eigenvalue weighted by atomic mass is 16.2. The molecule has 1 aromatic carbocycles. The lowest BCUT2D eigenvalue weighted by molar-refractivity contribution is -0.126. The van der Waals surface area contributed by atoms with E-state index in [2.05, 4.69) is 11.1 Å². The van der Waals surface area contributed by atoms with E-state index in [0.717, 1.165) is 22.4 Å². The zero-order valence-electron chi connectivity index (χ0n) is 13.7. The van der Waals surface area contributed by atoms with Crippen molar-refractivity contribution in [2.24, 2.45) is 0 Å². The highest BCUT2D eigenvalue weighted by molar-refractivity contribution is 5.88. The van der Waals surface area contributed by atoms with Gasteiger partial charge in [0, 0.05) is 6.54 Å². The average Bonchev–Trinajstić information content (AvgIpc) is 3.14. The number of likely N-dealkylation sites (N-methyl/N-ethyl adjacent to an activating group) is 1. The number of anilines is 1. The van der Waals surface area contributed by atoms with E-state index in [-0.39, 0.29) is 5.91 Å². The lowest BCUT2D eigenvalue weighted by Gasteiger charge is -2.21. The summed E-state index contributed by atoms with van der Waals surface area (Å²) < 4.78 is 1.99. The van der Waals surface area contributed by atoms with Gasteiger partial charge in [0.15, 0.2) is 5.65 Å². The van der Waals surface area contributed by atoms with Crippen LogP contribution < -0.4 is 4.90 Å². The third kappa shape index (κ3) is 1.95. The van der Waals surface area contributed by atoms with Crippen LogP contribution in [0.25, 0.3) is 16.7 Å². The van der Waals surface area contributed by atoms with Gasteiger partial charge in [-0.2, -0.15) is 5.26 Å². The van der Waals surface area contributed by atoms with E-state index in [0.29, 0.717) is 31.0 Å². The molecular weight excluding hydrogens is 302 g/mol. The number of nitrogens with zero attached hydrogens (tertiary/aromatic N) is 5. The van der Waals surface area contributed by atoms with Crippen LogP contribution >= 0.6 is 0 Å². The second kappa shape index (κ2) is 5.24. The molecule has 24 heavy (non-hydrogen) atoms. The van der Waals surface area contributed by atoms with Gasteiger partial charge in [-0.25, -0.2) is 4.98 Å². The van der Waals surface area contributed by atoms with Crippen molar-refractivity contribution in [2.75, 3.05) is 24.7 Å². The average molecular weight is 319 g/mol. The topological polar surface area (TPSA) is 64.6 Å².